The molecule has 1 N–H and O–H groups in total. The Balaban J connectivity index is 2.14. The molecule has 1 aromatic heterocycles. The molecule has 0 aromatic carbocycles. The Labute approximate surface area is 115 Å². The summed E-state index contributed by atoms with van der Waals surface area (Å²) in [6.45, 7) is 7.14. The van der Waals surface area contributed by atoms with Crippen LogP contribution in [0.15, 0.2) is 18.3 Å². The Morgan fingerprint density at radius 2 is 2.21 bits per heavy atom. The first-order valence-electron chi connectivity index (χ1n) is 7.20. The number of likely N-dealkylation sites (tertiary alicyclic amines) is 1. The first kappa shape index (κ1) is 13.8. The standard InChI is InChI=1S/C15H23N3O/c1-4-13-8-6-11(3)18(13)15(19)12-7-9-14(16-5-2)17-10-12/h7,9-11,13H,4-6,8H2,1-3H3,(H,16,17). The van der Waals surface area contributed by atoms with Crippen LogP contribution in [0.3, 0.4) is 0 Å². The topological polar surface area (TPSA) is 45.2 Å². The third kappa shape index (κ3) is 2.88. The third-order valence-corrected chi connectivity index (χ3v) is 3.86. The van der Waals surface area contributed by atoms with Crippen LogP contribution in [-0.2, 0) is 0 Å². The lowest BCUT2D eigenvalue weighted by Crippen LogP contribution is -2.39. The number of rotatable bonds is 4. The SMILES string of the molecule is CCNc1ccc(C(=O)N2C(C)CCC2CC)cn1. The van der Waals surface area contributed by atoms with E-state index in [9.17, 15) is 4.79 Å². The van der Waals surface area contributed by atoms with Gasteiger partial charge in [0.05, 0.1) is 5.56 Å². The molecule has 19 heavy (non-hydrogen) atoms. The van der Waals surface area contributed by atoms with Crippen molar-refractivity contribution in [3.05, 3.63) is 23.9 Å². The predicted molar refractivity (Wildman–Crippen MR) is 77.3 cm³/mol. The van der Waals surface area contributed by atoms with Crippen molar-refractivity contribution in [2.24, 2.45) is 0 Å². The van der Waals surface area contributed by atoms with Gasteiger partial charge in [-0.05, 0) is 45.2 Å². The lowest BCUT2D eigenvalue weighted by Gasteiger charge is -2.28. The van der Waals surface area contributed by atoms with Crippen LogP contribution in [0.1, 0.15) is 50.4 Å². The summed E-state index contributed by atoms with van der Waals surface area (Å²) in [4.78, 5) is 18.9. The second kappa shape index (κ2) is 6.04. The summed E-state index contributed by atoms with van der Waals surface area (Å²) in [6.07, 6.45) is 4.93. The fourth-order valence-corrected chi connectivity index (χ4v) is 2.79. The van der Waals surface area contributed by atoms with Crippen molar-refractivity contribution in [1.29, 1.82) is 0 Å². The number of amides is 1. The van der Waals surface area contributed by atoms with Gasteiger partial charge in [0.2, 0.25) is 0 Å². The number of pyridine rings is 1. The van der Waals surface area contributed by atoms with Gasteiger partial charge >= 0.3 is 0 Å². The van der Waals surface area contributed by atoms with Crippen molar-refractivity contribution in [2.75, 3.05) is 11.9 Å². The molecule has 104 valence electrons. The van der Waals surface area contributed by atoms with Crippen LogP contribution in [0.25, 0.3) is 0 Å². The van der Waals surface area contributed by atoms with Gasteiger partial charge in [0.25, 0.3) is 5.91 Å². The number of nitrogens with zero attached hydrogens (tertiary/aromatic N) is 2. The van der Waals surface area contributed by atoms with Crippen LogP contribution < -0.4 is 5.32 Å². The monoisotopic (exact) mass is 261 g/mol. The van der Waals surface area contributed by atoms with Gasteiger partial charge in [-0.25, -0.2) is 4.98 Å². The van der Waals surface area contributed by atoms with Crippen LogP contribution in [0.2, 0.25) is 0 Å². The number of hydrogen-bond donors (Lipinski definition) is 1. The van der Waals surface area contributed by atoms with Crippen molar-refractivity contribution in [2.45, 2.75) is 52.1 Å². The summed E-state index contributed by atoms with van der Waals surface area (Å²) in [6, 6.07) is 4.46. The average Bonchev–Trinajstić information content (AvgIpc) is 2.80. The Morgan fingerprint density at radius 3 is 2.79 bits per heavy atom. The number of nitrogens with one attached hydrogen (secondary N) is 1. The molecule has 1 aromatic rings. The van der Waals surface area contributed by atoms with Crippen molar-refractivity contribution >= 4 is 11.7 Å². The molecule has 1 fully saturated rings. The highest BCUT2D eigenvalue weighted by atomic mass is 16.2. The minimum Gasteiger partial charge on any atom is -0.370 e. The molecular weight excluding hydrogens is 238 g/mol. The van der Waals surface area contributed by atoms with E-state index in [-0.39, 0.29) is 5.91 Å². The summed E-state index contributed by atoms with van der Waals surface area (Å²) < 4.78 is 0. The molecule has 2 atom stereocenters. The van der Waals surface area contributed by atoms with Crippen LogP contribution in [0, 0.1) is 0 Å². The molecule has 4 heteroatoms. The zero-order valence-electron chi connectivity index (χ0n) is 12.0. The molecule has 0 spiro atoms. The molecule has 2 rings (SSSR count). The largest absolute Gasteiger partial charge is 0.370 e. The molecule has 0 bridgehead atoms. The zero-order chi connectivity index (χ0) is 13.8. The second-order valence-electron chi connectivity index (χ2n) is 5.16. The molecule has 1 aliphatic heterocycles. The average molecular weight is 261 g/mol. The summed E-state index contributed by atoms with van der Waals surface area (Å²) in [5.74, 6) is 0.938. The number of carbonyl (C=O) groups is 1. The minimum absolute atomic E-state index is 0.118. The van der Waals surface area contributed by atoms with E-state index >= 15 is 0 Å². The summed E-state index contributed by atoms with van der Waals surface area (Å²) >= 11 is 0. The van der Waals surface area contributed by atoms with Gasteiger partial charge in [-0.3, -0.25) is 4.79 Å². The van der Waals surface area contributed by atoms with E-state index in [1.165, 1.54) is 0 Å². The Bertz CT molecular complexity index is 430. The molecule has 4 nitrogen and oxygen atoms in total. The van der Waals surface area contributed by atoms with Gasteiger partial charge in [0.1, 0.15) is 5.82 Å². The molecule has 2 heterocycles. The number of hydrogen-bond acceptors (Lipinski definition) is 3. The fraction of sp³-hybridized carbons (Fsp3) is 0.600. The van der Waals surface area contributed by atoms with Crippen molar-refractivity contribution in [3.63, 3.8) is 0 Å². The zero-order valence-corrected chi connectivity index (χ0v) is 12.0. The first-order chi connectivity index (χ1) is 9.17. The van der Waals surface area contributed by atoms with E-state index in [0.29, 0.717) is 17.6 Å². The summed E-state index contributed by atoms with van der Waals surface area (Å²) in [7, 11) is 0. The molecule has 0 saturated carbocycles. The molecule has 1 aliphatic rings. The van der Waals surface area contributed by atoms with Crippen LogP contribution in [0.5, 0.6) is 0 Å². The Hall–Kier alpha value is -1.58. The molecule has 0 radical (unpaired) electrons. The maximum Gasteiger partial charge on any atom is 0.255 e. The highest BCUT2D eigenvalue weighted by Gasteiger charge is 2.33. The molecule has 1 amide bonds. The van der Waals surface area contributed by atoms with Crippen molar-refractivity contribution < 1.29 is 4.79 Å². The lowest BCUT2D eigenvalue weighted by molar-refractivity contribution is 0.0676. The van der Waals surface area contributed by atoms with Crippen LogP contribution in [-0.4, -0.2) is 34.4 Å². The van der Waals surface area contributed by atoms with Gasteiger partial charge in [-0.1, -0.05) is 6.92 Å². The van der Waals surface area contributed by atoms with Gasteiger partial charge < -0.3 is 10.2 Å². The quantitative estimate of drug-likeness (QED) is 0.906. The third-order valence-electron chi connectivity index (χ3n) is 3.86. The predicted octanol–water partition coefficient (Wildman–Crippen LogP) is 2.92. The first-order valence-corrected chi connectivity index (χ1v) is 7.20. The summed E-state index contributed by atoms with van der Waals surface area (Å²) in [5, 5.41) is 3.14. The van der Waals surface area contributed by atoms with Crippen LogP contribution >= 0.6 is 0 Å². The fourth-order valence-electron chi connectivity index (χ4n) is 2.79. The maximum atomic E-state index is 12.6. The minimum atomic E-state index is 0.118. The van der Waals surface area contributed by atoms with Crippen LogP contribution in [0.4, 0.5) is 5.82 Å². The van der Waals surface area contributed by atoms with Gasteiger partial charge in [-0.15, -0.1) is 0 Å². The molecule has 0 aliphatic carbocycles. The molecule has 1 saturated heterocycles. The highest BCUT2D eigenvalue weighted by molar-refractivity contribution is 5.94. The normalized spacial score (nSPS) is 22.6. The van der Waals surface area contributed by atoms with E-state index in [1.807, 2.05) is 24.0 Å². The molecular formula is C15H23N3O. The lowest BCUT2D eigenvalue weighted by atomic mass is 10.1. The molecule has 2 unspecified atom stereocenters. The Kier molecular flexibility index (Phi) is 4.40. The second-order valence-corrected chi connectivity index (χ2v) is 5.16. The van der Waals surface area contributed by atoms with Crippen molar-refractivity contribution in [3.8, 4) is 0 Å². The highest BCUT2D eigenvalue weighted by Crippen LogP contribution is 2.27. The van der Waals surface area contributed by atoms with Gasteiger partial charge in [0, 0.05) is 24.8 Å². The smallest absolute Gasteiger partial charge is 0.255 e. The van der Waals surface area contributed by atoms with E-state index in [1.54, 1.807) is 6.20 Å². The van der Waals surface area contributed by atoms with Gasteiger partial charge in [-0.2, -0.15) is 0 Å². The number of aromatic nitrogens is 1. The maximum absolute atomic E-state index is 12.6. The number of anilines is 1. The Morgan fingerprint density at radius 1 is 1.42 bits per heavy atom. The van der Waals surface area contributed by atoms with Gasteiger partial charge in [0.15, 0.2) is 0 Å². The van der Waals surface area contributed by atoms with Crippen molar-refractivity contribution in [1.82, 2.24) is 9.88 Å². The summed E-state index contributed by atoms with van der Waals surface area (Å²) in [5.41, 5.74) is 0.689. The van der Waals surface area contributed by atoms with E-state index in [2.05, 4.69) is 24.1 Å². The van der Waals surface area contributed by atoms with E-state index in [4.69, 9.17) is 0 Å². The van der Waals surface area contributed by atoms with E-state index < -0.39 is 0 Å². The number of carbonyl (C=O) groups excluding carboxylic acids is 1. The van der Waals surface area contributed by atoms with E-state index in [0.717, 1.165) is 31.6 Å².